The molecule has 0 fully saturated rings. The van der Waals surface area contributed by atoms with Gasteiger partial charge in [-0.05, 0) is 41.0 Å². The molecule has 32 heavy (non-hydrogen) atoms. The average molecular weight is 464 g/mol. The summed E-state index contributed by atoms with van der Waals surface area (Å²) in [6, 6.07) is 15.7. The quantitative estimate of drug-likeness (QED) is 0.427. The molecule has 1 unspecified atom stereocenters. The molecule has 3 aromatic carbocycles. The first-order chi connectivity index (χ1) is 15.2. The lowest BCUT2D eigenvalue weighted by molar-refractivity contribution is 0.136. The SMILES string of the molecule is O=S(=O)(NC(F)F)c1ccc(-c2ccc(C3COC(c4c(F)cccc4F)=N3)cc2)cc1. The number of nitrogens with zero attached hydrogens (tertiary/aromatic N) is 1. The van der Waals surface area contributed by atoms with Gasteiger partial charge in [0.2, 0.25) is 15.9 Å². The van der Waals surface area contributed by atoms with Crippen molar-refractivity contribution in [3.63, 3.8) is 0 Å². The van der Waals surface area contributed by atoms with Crippen LogP contribution in [0, 0.1) is 11.6 Å². The highest BCUT2D eigenvalue weighted by molar-refractivity contribution is 7.89. The number of benzene rings is 3. The maximum Gasteiger partial charge on any atom is 0.305 e. The summed E-state index contributed by atoms with van der Waals surface area (Å²) in [5.74, 6) is -1.60. The van der Waals surface area contributed by atoms with Crippen LogP contribution in [0.5, 0.6) is 0 Å². The predicted octanol–water partition coefficient (Wildman–Crippen LogP) is 4.65. The summed E-state index contributed by atoms with van der Waals surface area (Å²) in [7, 11) is -4.29. The van der Waals surface area contributed by atoms with Crippen LogP contribution in [0.25, 0.3) is 11.1 Å². The van der Waals surface area contributed by atoms with Gasteiger partial charge >= 0.3 is 6.55 Å². The number of ether oxygens (including phenoxy) is 1. The van der Waals surface area contributed by atoms with Crippen molar-refractivity contribution < 1.29 is 30.7 Å². The summed E-state index contributed by atoms with van der Waals surface area (Å²) in [4.78, 5) is 4.02. The van der Waals surface area contributed by atoms with Crippen LogP contribution >= 0.6 is 0 Å². The Morgan fingerprint density at radius 3 is 2.03 bits per heavy atom. The van der Waals surface area contributed by atoms with Crippen molar-refractivity contribution >= 4 is 15.9 Å². The molecule has 1 atom stereocenters. The van der Waals surface area contributed by atoms with Gasteiger partial charge in [0.15, 0.2) is 0 Å². The summed E-state index contributed by atoms with van der Waals surface area (Å²) in [6.45, 7) is -3.06. The highest BCUT2D eigenvalue weighted by atomic mass is 32.2. The van der Waals surface area contributed by atoms with E-state index in [4.69, 9.17) is 4.74 Å². The van der Waals surface area contributed by atoms with Crippen LogP contribution in [0.15, 0.2) is 76.6 Å². The summed E-state index contributed by atoms with van der Waals surface area (Å²) < 4.78 is 82.8. The number of hydrogen-bond acceptors (Lipinski definition) is 4. The third-order valence-corrected chi connectivity index (χ3v) is 6.25. The average Bonchev–Trinajstić information content (AvgIpc) is 3.23. The van der Waals surface area contributed by atoms with Gasteiger partial charge in [0.1, 0.15) is 29.8 Å². The highest BCUT2D eigenvalue weighted by Crippen LogP contribution is 2.29. The van der Waals surface area contributed by atoms with E-state index < -0.39 is 34.2 Å². The standard InChI is InChI=1S/C22H16F4N2O3S/c23-17-2-1-3-18(24)20(17)21-27-19(12-31-21)15-6-4-13(5-7-15)14-8-10-16(11-9-14)32(29,30)28-22(25)26/h1-11,19,22,28H,12H2. The van der Waals surface area contributed by atoms with Gasteiger partial charge < -0.3 is 4.74 Å². The molecule has 0 amide bonds. The number of nitrogens with one attached hydrogen (secondary N) is 1. The van der Waals surface area contributed by atoms with Crippen molar-refractivity contribution in [3.8, 4) is 11.1 Å². The Morgan fingerprint density at radius 1 is 0.906 bits per heavy atom. The van der Waals surface area contributed by atoms with E-state index in [-0.39, 0.29) is 23.0 Å². The molecular formula is C22H16F4N2O3S. The van der Waals surface area contributed by atoms with Crippen molar-refractivity contribution in [2.75, 3.05) is 6.61 Å². The Kier molecular flexibility index (Phi) is 5.98. The third kappa shape index (κ3) is 4.51. The van der Waals surface area contributed by atoms with E-state index in [0.29, 0.717) is 5.56 Å². The molecule has 4 rings (SSSR count). The molecule has 0 saturated carbocycles. The lowest BCUT2D eigenvalue weighted by Crippen LogP contribution is -2.28. The molecule has 0 saturated heterocycles. The van der Waals surface area contributed by atoms with E-state index in [0.717, 1.165) is 23.3 Å². The molecule has 166 valence electrons. The zero-order valence-corrected chi connectivity index (χ0v) is 17.1. The summed E-state index contributed by atoms with van der Waals surface area (Å²) >= 11 is 0. The van der Waals surface area contributed by atoms with Crippen molar-refractivity contribution in [3.05, 3.63) is 89.5 Å². The molecule has 1 heterocycles. The monoisotopic (exact) mass is 464 g/mol. The number of aliphatic imine (C=N–C) groups is 1. The Labute approximate surface area is 181 Å². The number of sulfonamides is 1. The van der Waals surface area contributed by atoms with E-state index in [2.05, 4.69) is 4.99 Å². The van der Waals surface area contributed by atoms with E-state index in [1.165, 1.54) is 35.1 Å². The third-order valence-electron chi connectivity index (χ3n) is 4.87. The minimum atomic E-state index is -4.29. The van der Waals surface area contributed by atoms with Gasteiger partial charge in [-0.2, -0.15) is 13.5 Å². The van der Waals surface area contributed by atoms with Gasteiger partial charge in [0.05, 0.1) is 4.90 Å². The van der Waals surface area contributed by atoms with Crippen LogP contribution in [-0.4, -0.2) is 27.5 Å². The van der Waals surface area contributed by atoms with E-state index in [1.807, 2.05) is 0 Å². The molecule has 1 N–H and O–H groups in total. The van der Waals surface area contributed by atoms with Crippen molar-refractivity contribution in [2.45, 2.75) is 17.5 Å². The predicted molar refractivity (Wildman–Crippen MR) is 110 cm³/mol. The lowest BCUT2D eigenvalue weighted by Gasteiger charge is -2.09. The summed E-state index contributed by atoms with van der Waals surface area (Å²) in [5, 5.41) is 0. The zero-order chi connectivity index (χ0) is 22.9. The van der Waals surface area contributed by atoms with Crippen LogP contribution in [0.4, 0.5) is 17.6 Å². The number of alkyl halides is 2. The van der Waals surface area contributed by atoms with Gasteiger partial charge in [-0.25, -0.2) is 22.2 Å². The first-order valence-electron chi connectivity index (χ1n) is 9.40. The maximum atomic E-state index is 14.0. The minimum Gasteiger partial charge on any atom is -0.475 e. The normalized spacial score (nSPS) is 16.2. The lowest BCUT2D eigenvalue weighted by atomic mass is 10.0. The van der Waals surface area contributed by atoms with Gasteiger partial charge in [0, 0.05) is 0 Å². The van der Waals surface area contributed by atoms with Crippen molar-refractivity contribution in [1.29, 1.82) is 0 Å². The molecule has 0 aromatic heterocycles. The molecular weight excluding hydrogens is 448 g/mol. The van der Waals surface area contributed by atoms with Crippen LogP contribution < -0.4 is 4.72 Å². The van der Waals surface area contributed by atoms with Crippen molar-refractivity contribution in [1.82, 2.24) is 4.72 Å². The molecule has 0 spiro atoms. The smallest absolute Gasteiger partial charge is 0.305 e. The van der Waals surface area contributed by atoms with Crippen LogP contribution in [0.2, 0.25) is 0 Å². The second-order valence-electron chi connectivity index (χ2n) is 6.93. The highest BCUT2D eigenvalue weighted by Gasteiger charge is 2.26. The number of halogens is 4. The van der Waals surface area contributed by atoms with Crippen LogP contribution in [-0.2, 0) is 14.8 Å². The van der Waals surface area contributed by atoms with Crippen LogP contribution in [0.1, 0.15) is 17.2 Å². The summed E-state index contributed by atoms with van der Waals surface area (Å²) in [6.07, 6.45) is 0. The van der Waals surface area contributed by atoms with E-state index >= 15 is 0 Å². The summed E-state index contributed by atoms with van der Waals surface area (Å²) in [5.41, 5.74) is 1.89. The second-order valence-corrected chi connectivity index (χ2v) is 8.64. The zero-order valence-electron chi connectivity index (χ0n) is 16.3. The molecule has 5 nitrogen and oxygen atoms in total. The molecule has 0 radical (unpaired) electrons. The first kappa shape index (κ1) is 22.0. The molecule has 3 aromatic rings. The topological polar surface area (TPSA) is 67.8 Å². The fraction of sp³-hybridized carbons (Fsp3) is 0.136. The van der Waals surface area contributed by atoms with Gasteiger partial charge in [-0.15, -0.1) is 0 Å². The molecule has 1 aliphatic rings. The minimum absolute atomic E-state index is 0.0936. The molecule has 10 heteroatoms. The Bertz CT molecular complexity index is 1240. The number of hydrogen-bond donors (Lipinski definition) is 1. The fourth-order valence-electron chi connectivity index (χ4n) is 3.29. The van der Waals surface area contributed by atoms with E-state index in [9.17, 15) is 26.0 Å². The Balaban J connectivity index is 1.52. The second kappa shape index (κ2) is 8.71. The Hall–Kier alpha value is -3.24. The largest absolute Gasteiger partial charge is 0.475 e. The fourth-order valence-corrected chi connectivity index (χ4v) is 4.16. The maximum absolute atomic E-state index is 14.0. The van der Waals surface area contributed by atoms with Gasteiger partial charge in [-0.3, -0.25) is 0 Å². The molecule has 1 aliphatic heterocycles. The number of rotatable bonds is 6. The van der Waals surface area contributed by atoms with Crippen LogP contribution in [0.3, 0.4) is 0 Å². The van der Waals surface area contributed by atoms with E-state index in [1.54, 1.807) is 24.3 Å². The van der Waals surface area contributed by atoms with Gasteiger partial charge in [0.25, 0.3) is 0 Å². The molecule has 0 bridgehead atoms. The first-order valence-corrected chi connectivity index (χ1v) is 10.9. The molecule has 0 aliphatic carbocycles. The Morgan fingerprint density at radius 2 is 1.47 bits per heavy atom. The van der Waals surface area contributed by atoms with Gasteiger partial charge in [-0.1, -0.05) is 42.5 Å². The van der Waals surface area contributed by atoms with Crippen molar-refractivity contribution in [2.24, 2.45) is 4.99 Å².